The van der Waals surface area contributed by atoms with E-state index in [1.807, 2.05) is 0 Å². The second-order valence-electron chi connectivity index (χ2n) is 5.08. The Morgan fingerprint density at radius 1 is 1.20 bits per heavy atom. The summed E-state index contributed by atoms with van der Waals surface area (Å²) in [6.07, 6.45) is 6.73. The average Bonchev–Trinajstić information content (AvgIpc) is 2.26. The van der Waals surface area contributed by atoms with Gasteiger partial charge >= 0.3 is 0 Å². The van der Waals surface area contributed by atoms with Gasteiger partial charge < -0.3 is 9.80 Å². The van der Waals surface area contributed by atoms with Crippen molar-refractivity contribution in [3.63, 3.8) is 0 Å². The molecule has 0 radical (unpaired) electrons. The van der Waals surface area contributed by atoms with E-state index in [1.165, 1.54) is 45.2 Å². The second kappa shape index (κ2) is 6.49. The Hall–Kier alpha value is -0.0800. The van der Waals surface area contributed by atoms with Crippen molar-refractivity contribution in [3.05, 3.63) is 0 Å². The number of likely N-dealkylation sites (tertiary alicyclic amines) is 1. The van der Waals surface area contributed by atoms with Gasteiger partial charge in [-0.2, -0.15) is 0 Å². The average molecular weight is 212 g/mol. The van der Waals surface area contributed by atoms with E-state index in [9.17, 15) is 0 Å². The molecule has 1 atom stereocenters. The molecule has 0 amide bonds. The van der Waals surface area contributed by atoms with Crippen molar-refractivity contribution in [1.82, 2.24) is 9.80 Å². The fraction of sp³-hybridized carbons (Fsp3) is 1.00. The van der Waals surface area contributed by atoms with Gasteiger partial charge in [0.2, 0.25) is 0 Å². The van der Waals surface area contributed by atoms with Crippen molar-refractivity contribution in [1.29, 1.82) is 0 Å². The van der Waals surface area contributed by atoms with Gasteiger partial charge in [0.05, 0.1) is 0 Å². The molecular weight excluding hydrogens is 184 g/mol. The molecule has 90 valence electrons. The Morgan fingerprint density at radius 3 is 2.20 bits per heavy atom. The molecule has 1 aliphatic heterocycles. The first-order valence-electron chi connectivity index (χ1n) is 6.59. The number of hydrogen-bond acceptors (Lipinski definition) is 2. The van der Waals surface area contributed by atoms with E-state index in [1.54, 1.807) is 0 Å². The van der Waals surface area contributed by atoms with Gasteiger partial charge in [0.1, 0.15) is 0 Å². The normalized spacial score (nSPS) is 22.2. The minimum absolute atomic E-state index is 0.820. The third-order valence-corrected chi connectivity index (χ3v) is 3.84. The van der Waals surface area contributed by atoms with Gasteiger partial charge in [-0.25, -0.2) is 0 Å². The summed E-state index contributed by atoms with van der Waals surface area (Å²) in [7, 11) is 4.42. The summed E-state index contributed by atoms with van der Waals surface area (Å²) in [5, 5.41) is 0. The number of rotatable bonds is 5. The molecule has 0 aromatic carbocycles. The van der Waals surface area contributed by atoms with Crippen LogP contribution in [0.4, 0.5) is 0 Å². The topological polar surface area (TPSA) is 6.48 Å². The first-order chi connectivity index (χ1) is 7.19. The van der Waals surface area contributed by atoms with E-state index in [0.717, 1.165) is 12.1 Å². The van der Waals surface area contributed by atoms with Gasteiger partial charge in [-0.05, 0) is 52.9 Å². The lowest BCUT2D eigenvalue weighted by molar-refractivity contribution is 0.101. The summed E-state index contributed by atoms with van der Waals surface area (Å²) in [4.78, 5) is 5.10. The molecule has 1 heterocycles. The van der Waals surface area contributed by atoms with Gasteiger partial charge in [0, 0.05) is 12.1 Å². The Kier molecular flexibility index (Phi) is 5.62. The maximum atomic E-state index is 2.71. The van der Waals surface area contributed by atoms with Crippen LogP contribution in [0.25, 0.3) is 0 Å². The predicted molar refractivity (Wildman–Crippen MR) is 67.3 cm³/mol. The summed E-state index contributed by atoms with van der Waals surface area (Å²) in [6.45, 7) is 7.25. The minimum atomic E-state index is 0.820. The fourth-order valence-electron chi connectivity index (χ4n) is 2.75. The minimum Gasteiger partial charge on any atom is -0.306 e. The van der Waals surface area contributed by atoms with Crippen LogP contribution >= 0.6 is 0 Å². The third kappa shape index (κ3) is 3.76. The molecule has 0 saturated carbocycles. The van der Waals surface area contributed by atoms with E-state index >= 15 is 0 Å². The van der Waals surface area contributed by atoms with Gasteiger partial charge in [0.25, 0.3) is 0 Å². The van der Waals surface area contributed by atoms with Crippen LogP contribution in [-0.4, -0.2) is 49.1 Å². The molecule has 0 N–H and O–H groups in total. The molecule has 0 spiro atoms. The van der Waals surface area contributed by atoms with Gasteiger partial charge in [-0.1, -0.05) is 20.3 Å². The second-order valence-corrected chi connectivity index (χ2v) is 5.08. The van der Waals surface area contributed by atoms with Crippen LogP contribution in [0.2, 0.25) is 0 Å². The summed E-state index contributed by atoms with van der Waals surface area (Å²) >= 11 is 0. The maximum Gasteiger partial charge on any atom is 0.0113 e. The molecule has 1 unspecified atom stereocenters. The molecule has 1 fully saturated rings. The SMILES string of the molecule is CCCC(CC)N1CCC(N(C)C)CC1. The fourth-order valence-corrected chi connectivity index (χ4v) is 2.75. The lowest BCUT2D eigenvalue weighted by Gasteiger charge is -2.39. The molecule has 0 aliphatic carbocycles. The largest absolute Gasteiger partial charge is 0.306 e. The molecule has 2 nitrogen and oxygen atoms in total. The number of hydrogen-bond donors (Lipinski definition) is 0. The molecule has 15 heavy (non-hydrogen) atoms. The molecule has 0 bridgehead atoms. The Bertz CT molecular complexity index is 160. The van der Waals surface area contributed by atoms with Gasteiger partial charge in [-0.15, -0.1) is 0 Å². The molecule has 1 rings (SSSR count). The Balaban J connectivity index is 2.35. The lowest BCUT2D eigenvalue weighted by Crippen LogP contribution is -2.46. The standard InChI is InChI=1S/C13H28N2/c1-5-7-12(6-2)15-10-8-13(9-11-15)14(3)4/h12-13H,5-11H2,1-4H3. The third-order valence-electron chi connectivity index (χ3n) is 3.84. The van der Waals surface area contributed by atoms with E-state index in [0.29, 0.717) is 0 Å². The zero-order valence-corrected chi connectivity index (χ0v) is 11.0. The summed E-state index contributed by atoms with van der Waals surface area (Å²) in [5.41, 5.74) is 0. The van der Waals surface area contributed by atoms with Crippen LogP contribution in [0.15, 0.2) is 0 Å². The summed E-state index contributed by atoms with van der Waals surface area (Å²) in [6, 6.07) is 1.67. The highest BCUT2D eigenvalue weighted by Gasteiger charge is 2.24. The maximum absolute atomic E-state index is 2.71. The van der Waals surface area contributed by atoms with Crippen LogP contribution in [0.5, 0.6) is 0 Å². The number of piperidine rings is 1. The molecule has 0 aromatic heterocycles. The van der Waals surface area contributed by atoms with Gasteiger partial charge in [-0.3, -0.25) is 0 Å². The Morgan fingerprint density at radius 2 is 1.80 bits per heavy atom. The predicted octanol–water partition coefficient (Wildman–Crippen LogP) is 2.59. The Labute approximate surface area is 95.6 Å². The first kappa shape index (κ1) is 13.0. The molecule has 1 saturated heterocycles. The quantitative estimate of drug-likeness (QED) is 0.691. The molecular formula is C13H28N2. The van der Waals surface area contributed by atoms with E-state index < -0.39 is 0 Å². The van der Waals surface area contributed by atoms with Crippen LogP contribution in [0, 0.1) is 0 Å². The van der Waals surface area contributed by atoms with Crippen LogP contribution in [0.3, 0.4) is 0 Å². The van der Waals surface area contributed by atoms with Crippen LogP contribution in [0.1, 0.15) is 46.0 Å². The van der Waals surface area contributed by atoms with Crippen molar-refractivity contribution in [2.24, 2.45) is 0 Å². The highest BCUT2D eigenvalue weighted by molar-refractivity contribution is 4.80. The van der Waals surface area contributed by atoms with Crippen molar-refractivity contribution in [2.45, 2.75) is 58.0 Å². The van der Waals surface area contributed by atoms with Crippen molar-refractivity contribution >= 4 is 0 Å². The monoisotopic (exact) mass is 212 g/mol. The molecule has 0 aromatic rings. The zero-order chi connectivity index (χ0) is 11.3. The van der Waals surface area contributed by atoms with Crippen molar-refractivity contribution in [2.75, 3.05) is 27.2 Å². The highest BCUT2D eigenvalue weighted by atomic mass is 15.2. The lowest BCUT2D eigenvalue weighted by atomic mass is 9.99. The molecule has 2 heteroatoms. The van der Waals surface area contributed by atoms with Crippen molar-refractivity contribution in [3.8, 4) is 0 Å². The zero-order valence-electron chi connectivity index (χ0n) is 11.0. The van der Waals surface area contributed by atoms with Crippen LogP contribution in [-0.2, 0) is 0 Å². The van der Waals surface area contributed by atoms with E-state index in [2.05, 4.69) is 37.7 Å². The first-order valence-corrected chi connectivity index (χ1v) is 6.59. The number of nitrogens with zero attached hydrogens (tertiary/aromatic N) is 2. The van der Waals surface area contributed by atoms with Crippen LogP contribution < -0.4 is 0 Å². The van der Waals surface area contributed by atoms with Crippen molar-refractivity contribution < 1.29 is 0 Å². The van der Waals surface area contributed by atoms with Gasteiger partial charge in [0.15, 0.2) is 0 Å². The van der Waals surface area contributed by atoms with E-state index in [4.69, 9.17) is 0 Å². The highest BCUT2D eigenvalue weighted by Crippen LogP contribution is 2.19. The summed E-state index contributed by atoms with van der Waals surface area (Å²) < 4.78 is 0. The summed E-state index contributed by atoms with van der Waals surface area (Å²) in [5.74, 6) is 0. The molecule has 1 aliphatic rings. The van der Waals surface area contributed by atoms with E-state index in [-0.39, 0.29) is 0 Å². The smallest absolute Gasteiger partial charge is 0.0113 e.